The van der Waals surface area contributed by atoms with Crippen molar-refractivity contribution in [3.63, 3.8) is 0 Å². The van der Waals surface area contributed by atoms with E-state index in [0.29, 0.717) is 18.0 Å². The van der Waals surface area contributed by atoms with E-state index in [1.807, 2.05) is 0 Å². The van der Waals surface area contributed by atoms with Crippen LogP contribution in [0.15, 0.2) is 24.8 Å². The number of benzene rings is 1. The molecule has 0 fully saturated rings. The highest BCUT2D eigenvalue weighted by Crippen LogP contribution is 2.35. The average molecular weight is 222 g/mol. The Balaban J connectivity index is 2.50. The normalized spacial score (nSPS) is 14.3. The van der Waals surface area contributed by atoms with Crippen molar-refractivity contribution < 1.29 is 13.9 Å². The molecule has 0 unspecified atom stereocenters. The molecule has 0 saturated carbocycles. The molecule has 5 heteroatoms. The van der Waals surface area contributed by atoms with Crippen molar-refractivity contribution >= 4 is 17.3 Å². The number of rotatable bonds is 2. The molecule has 1 aromatic carbocycles. The summed E-state index contributed by atoms with van der Waals surface area (Å²) < 4.78 is 18.3. The maximum absolute atomic E-state index is 13.2. The predicted molar refractivity (Wildman–Crippen MR) is 58.9 cm³/mol. The highest BCUT2D eigenvalue weighted by molar-refractivity contribution is 5.98. The van der Waals surface area contributed by atoms with Crippen LogP contribution in [-0.4, -0.2) is 19.1 Å². The highest BCUT2D eigenvalue weighted by Gasteiger charge is 2.25. The first-order valence-corrected chi connectivity index (χ1v) is 4.76. The van der Waals surface area contributed by atoms with Crippen LogP contribution in [0.25, 0.3) is 0 Å². The maximum atomic E-state index is 13.2. The molecule has 84 valence electrons. The number of halogens is 1. The zero-order valence-electron chi connectivity index (χ0n) is 8.57. The Hall–Kier alpha value is -2.04. The minimum atomic E-state index is -0.549. The molecule has 0 spiro atoms. The molecule has 16 heavy (non-hydrogen) atoms. The Kier molecular flexibility index (Phi) is 2.52. The van der Waals surface area contributed by atoms with Gasteiger partial charge in [0.15, 0.2) is 6.61 Å². The van der Waals surface area contributed by atoms with Crippen molar-refractivity contribution in [1.29, 1.82) is 0 Å². The molecule has 1 amide bonds. The van der Waals surface area contributed by atoms with Crippen LogP contribution in [0.1, 0.15) is 0 Å². The number of anilines is 2. The molecule has 0 atom stereocenters. The molecule has 1 aromatic rings. The number of hydrogen-bond acceptors (Lipinski definition) is 3. The van der Waals surface area contributed by atoms with Gasteiger partial charge in [0.2, 0.25) is 0 Å². The molecule has 0 radical (unpaired) electrons. The second kappa shape index (κ2) is 3.84. The first-order valence-electron chi connectivity index (χ1n) is 4.76. The summed E-state index contributed by atoms with van der Waals surface area (Å²) in [5, 5.41) is 0. The zero-order chi connectivity index (χ0) is 11.7. The van der Waals surface area contributed by atoms with Gasteiger partial charge in [0.1, 0.15) is 11.6 Å². The summed E-state index contributed by atoms with van der Waals surface area (Å²) in [5.41, 5.74) is 5.93. The summed E-state index contributed by atoms with van der Waals surface area (Å²) in [6, 6.07) is 2.58. The Morgan fingerprint density at radius 3 is 3.06 bits per heavy atom. The predicted octanol–water partition coefficient (Wildman–Crippen LogP) is 1.32. The average Bonchev–Trinajstić information content (AvgIpc) is 2.25. The number of nitrogen functional groups attached to an aromatic ring is 1. The molecule has 0 aliphatic carbocycles. The summed E-state index contributed by atoms with van der Waals surface area (Å²) in [6.07, 6.45) is 1.59. The quantitative estimate of drug-likeness (QED) is 0.606. The fourth-order valence-corrected chi connectivity index (χ4v) is 1.57. The fourth-order valence-electron chi connectivity index (χ4n) is 1.57. The maximum Gasteiger partial charge on any atom is 0.265 e. The standard InChI is InChI=1S/C11H11FN2O2/c1-2-3-14-9-5-8(13)7(12)4-10(9)16-6-11(14)15/h2,4-5H,1,3,6,13H2. The lowest BCUT2D eigenvalue weighted by Gasteiger charge is -2.28. The van der Waals surface area contributed by atoms with Gasteiger partial charge in [0, 0.05) is 12.6 Å². The molecular weight excluding hydrogens is 211 g/mol. The van der Waals surface area contributed by atoms with Crippen LogP contribution in [0.2, 0.25) is 0 Å². The van der Waals surface area contributed by atoms with Gasteiger partial charge in [-0.05, 0) is 6.07 Å². The van der Waals surface area contributed by atoms with E-state index < -0.39 is 5.82 Å². The van der Waals surface area contributed by atoms with Crippen molar-refractivity contribution in [3.8, 4) is 5.75 Å². The number of amides is 1. The minimum Gasteiger partial charge on any atom is -0.481 e. The van der Waals surface area contributed by atoms with E-state index in [4.69, 9.17) is 10.5 Å². The van der Waals surface area contributed by atoms with Crippen molar-refractivity contribution in [2.75, 3.05) is 23.8 Å². The van der Waals surface area contributed by atoms with Gasteiger partial charge in [-0.15, -0.1) is 6.58 Å². The number of nitrogens with two attached hydrogens (primary N) is 1. The van der Waals surface area contributed by atoms with Gasteiger partial charge >= 0.3 is 0 Å². The lowest BCUT2D eigenvalue weighted by molar-refractivity contribution is -0.121. The number of hydrogen-bond donors (Lipinski definition) is 1. The third-order valence-electron chi connectivity index (χ3n) is 2.33. The van der Waals surface area contributed by atoms with E-state index >= 15 is 0 Å². The van der Waals surface area contributed by atoms with Crippen LogP contribution in [-0.2, 0) is 4.79 Å². The molecule has 2 rings (SSSR count). The lowest BCUT2D eigenvalue weighted by Crippen LogP contribution is -2.38. The third kappa shape index (κ3) is 1.60. The van der Waals surface area contributed by atoms with Gasteiger partial charge in [-0.25, -0.2) is 4.39 Å². The van der Waals surface area contributed by atoms with Crippen molar-refractivity contribution in [2.24, 2.45) is 0 Å². The van der Waals surface area contributed by atoms with Crippen LogP contribution in [0.3, 0.4) is 0 Å². The zero-order valence-corrected chi connectivity index (χ0v) is 8.57. The Bertz CT molecular complexity index is 460. The van der Waals surface area contributed by atoms with Crippen molar-refractivity contribution in [2.45, 2.75) is 0 Å². The molecule has 0 aromatic heterocycles. The largest absolute Gasteiger partial charge is 0.481 e. The van der Waals surface area contributed by atoms with Crippen LogP contribution in [0.5, 0.6) is 5.75 Å². The van der Waals surface area contributed by atoms with Gasteiger partial charge in [-0.1, -0.05) is 6.08 Å². The van der Waals surface area contributed by atoms with E-state index in [1.165, 1.54) is 17.0 Å². The van der Waals surface area contributed by atoms with Gasteiger partial charge in [0.25, 0.3) is 5.91 Å². The van der Waals surface area contributed by atoms with Crippen LogP contribution in [0.4, 0.5) is 15.8 Å². The first-order chi connectivity index (χ1) is 7.63. The summed E-state index contributed by atoms with van der Waals surface area (Å²) in [5.74, 6) is -0.418. The van der Waals surface area contributed by atoms with Crippen LogP contribution in [0, 0.1) is 5.82 Å². The summed E-state index contributed by atoms with van der Waals surface area (Å²) in [7, 11) is 0. The highest BCUT2D eigenvalue weighted by atomic mass is 19.1. The molecule has 0 saturated heterocycles. The number of carbonyl (C=O) groups is 1. The van der Waals surface area contributed by atoms with Gasteiger partial charge in [-0.3, -0.25) is 4.79 Å². The van der Waals surface area contributed by atoms with E-state index in [9.17, 15) is 9.18 Å². The Morgan fingerprint density at radius 2 is 2.38 bits per heavy atom. The minimum absolute atomic E-state index is 0.00823. The molecule has 2 N–H and O–H groups in total. The molecular formula is C11H11FN2O2. The Labute approximate surface area is 92.1 Å². The number of carbonyl (C=O) groups excluding carboxylic acids is 1. The van der Waals surface area contributed by atoms with Gasteiger partial charge < -0.3 is 15.4 Å². The number of fused-ring (bicyclic) bond motifs is 1. The number of nitrogens with zero attached hydrogens (tertiary/aromatic N) is 1. The summed E-state index contributed by atoms with van der Waals surface area (Å²) in [4.78, 5) is 13.0. The monoisotopic (exact) mass is 222 g/mol. The van der Waals surface area contributed by atoms with Gasteiger partial charge in [0.05, 0.1) is 11.4 Å². The van der Waals surface area contributed by atoms with Crippen LogP contribution < -0.4 is 15.4 Å². The summed E-state index contributed by atoms with van der Waals surface area (Å²) in [6.45, 7) is 3.82. The third-order valence-corrected chi connectivity index (χ3v) is 2.33. The molecule has 4 nitrogen and oxygen atoms in total. The smallest absolute Gasteiger partial charge is 0.265 e. The number of ether oxygens (including phenoxy) is 1. The van der Waals surface area contributed by atoms with Crippen LogP contribution >= 0.6 is 0 Å². The van der Waals surface area contributed by atoms with Gasteiger partial charge in [-0.2, -0.15) is 0 Å². The van der Waals surface area contributed by atoms with Crippen molar-refractivity contribution in [3.05, 3.63) is 30.6 Å². The summed E-state index contributed by atoms with van der Waals surface area (Å²) >= 11 is 0. The molecule has 1 heterocycles. The van der Waals surface area contributed by atoms with E-state index in [2.05, 4.69) is 6.58 Å². The van der Waals surface area contributed by atoms with E-state index in [1.54, 1.807) is 6.08 Å². The molecule has 0 bridgehead atoms. The van der Waals surface area contributed by atoms with Crippen molar-refractivity contribution in [1.82, 2.24) is 0 Å². The topological polar surface area (TPSA) is 55.6 Å². The first kappa shape index (κ1) is 10.5. The second-order valence-electron chi connectivity index (χ2n) is 3.42. The fraction of sp³-hybridized carbons (Fsp3) is 0.182. The molecule has 1 aliphatic heterocycles. The lowest BCUT2D eigenvalue weighted by atomic mass is 10.2. The SMILES string of the molecule is C=CCN1C(=O)COc2cc(F)c(N)cc21. The van der Waals surface area contributed by atoms with E-state index in [0.717, 1.165) is 0 Å². The second-order valence-corrected chi connectivity index (χ2v) is 3.42. The molecule has 1 aliphatic rings. The Morgan fingerprint density at radius 1 is 1.62 bits per heavy atom. The van der Waals surface area contributed by atoms with E-state index in [-0.39, 0.29) is 18.2 Å².